The Labute approximate surface area is 131 Å². The molecule has 1 aromatic heterocycles. The van der Waals surface area contributed by atoms with E-state index in [4.69, 9.17) is 16.3 Å². The first-order chi connectivity index (χ1) is 10.6. The fourth-order valence-electron chi connectivity index (χ4n) is 2.37. The van der Waals surface area contributed by atoms with Gasteiger partial charge in [0.05, 0.1) is 11.2 Å². The van der Waals surface area contributed by atoms with Crippen molar-refractivity contribution in [1.82, 2.24) is 4.57 Å². The van der Waals surface area contributed by atoms with Crippen molar-refractivity contribution in [2.24, 2.45) is 0 Å². The Kier molecular flexibility index (Phi) is 3.69. The maximum Gasteiger partial charge on any atom is 0.308 e. The molecular formula is C17H12ClNO3. The molecule has 22 heavy (non-hydrogen) atoms. The lowest BCUT2D eigenvalue weighted by Gasteiger charge is -2.13. The van der Waals surface area contributed by atoms with E-state index in [1.54, 1.807) is 36.4 Å². The Morgan fingerprint density at radius 2 is 1.86 bits per heavy atom. The first-order valence-corrected chi connectivity index (χ1v) is 7.03. The van der Waals surface area contributed by atoms with Gasteiger partial charge in [-0.25, -0.2) is 0 Å². The van der Waals surface area contributed by atoms with E-state index in [1.807, 2.05) is 12.1 Å². The molecule has 0 bridgehead atoms. The molecule has 0 aliphatic heterocycles. The second-order valence-electron chi connectivity index (χ2n) is 4.77. The third-order valence-corrected chi connectivity index (χ3v) is 3.44. The number of esters is 1. The Bertz CT molecular complexity index is 931. The van der Waals surface area contributed by atoms with Crippen molar-refractivity contribution >= 4 is 28.5 Å². The molecule has 0 N–H and O–H groups in total. The van der Waals surface area contributed by atoms with Gasteiger partial charge in [-0.2, -0.15) is 0 Å². The van der Waals surface area contributed by atoms with Crippen molar-refractivity contribution in [3.05, 3.63) is 70.0 Å². The topological polar surface area (TPSA) is 48.3 Å². The van der Waals surface area contributed by atoms with E-state index in [-0.39, 0.29) is 11.3 Å². The molecule has 0 saturated carbocycles. The lowest BCUT2D eigenvalue weighted by molar-refractivity contribution is -0.131. The number of ether oxygens (including phenoxy) is 1. The highest BCUT2D eigenvalue weighted by molar-refractivity contribution is 6.30. The van der Waals surface area contributed by atoms with Crippen molar-refractivity contribution in [1.29, 1.82) is 0 Å². The Morgan fingerprint density at radius 3 is 2.59 bits per heavy atom. The normalized spacial score (nSPS) is 10.6. The Morgan fingerprint density at radius 1 is 1.09 bits per heavy atom. The minimum Gasteiger partial charge on any atom is -0.426 e. The first-order valence-electron chi connectivity index (χ1n) is 6.65. The second-order valence-corrected chi connectivity index (χ2v) is 5.21. The maximum atomic E-state index is 12.5. The van der Waals surface area contributed by atoms with Gasteiger partial charge in [0, 0.05) is 23.4 Å². The van der Waals surface area contributed by atoms with Gasteiger partial charge in [-0.3, -0.25) is 14.2 Å². The van der Waals surface area contributed by atoms with E-state index in [1.165, 1.54) is 17.6 Å². The molecule has 0 fully saturated rings. The zero-order valence-electron chi connectivity index (χ0n) is 11.7. The van der Waals surface area contributed by atoms with Crippen molar-refractivity contribution in [3.63, 3.8) is 0 Å². The molecule has 1 heterocycles. The van der Waals surface area contributed by atoms with E-state index in [0.29, 0.717) is 21.6 Å². The van der Waals surface area contributed by atoms with Crippen LogP contribution >= 0.6 is 11.6 Å². The summed E-state index contributed by atoms with van der Waals surface area (Å²) in [5, 5.41) is 1.22. The van der Waals surface area contributed by atoms with Gasteiger partial charge in [-0.15, -0.1) is 0 Å². The highest BCUT2D eigenvalue weighted by Gasteiger charge is 2.12. The van der Waals surface area contributed by atoms with Crippen molar-refractivity contribution in [3.8, 4) is 11.4 Å². The van der Waals surface area contributed by atoms with Crippen LogP contribution in [0, 0.1) is 0 Å². The predicted octanol–water partition coefficient (Wildman–Crippen LogP) is 3.57. The molecule has 0 atom stereocenters. The van der Waals surface area contributed by atoms with E-state index in [2.05, 4.69) is 0 Å². The van der Waals surface area contributed by atoms with E-state index >= 15 is 0 Å². The fraction of sp³-hybridized carbons (Fsp3) is 0.0588. The van der Waals surface area contributed by atoms with Crippen LogP contribution in [0.3, 0.4) is 0 Å². The Hall–Kier alpha value is -2.59. The monoisotopic (exact) mass is 313 g/mol. The van der Waals surface area contributed by atoms with Gasteiger partial charge in [-0.05, 0) is 30.3 Å². The highest BCUT2D eigenvalue weighted by atomic mass is 35.5. The molecule has 0 amide bonds. The van der Waals surface area contributed by atoms with Crippen LogP contribution in [-0.4, -0.2) is 10.5 Å². The lowest BCUT2D eigenvalue weighted by Crippen LogP contribution is -2.19. The van der Waals surface area contributed by atoms with Gasteiger partial charge < -0.3 is 4.74 Å². The summed E-state index contributed by atoms with van der Waals surface area (Å²) in [4.78, 5) is 23.7. The van der Waals surface area contributed by atoms with Crippen LogP contribution in [0.5, 0.6) is 5.75 Å². The second kappa shape index (κ2) is 5.66. The standard InChI is InChI=1S/C17H12ClNO3/c1-11(20)22-16-10-17(21)19(13-6-4-5-12(18)9-13)15-8-3-2-7-14(15)16/h2-10H,1H3. The van der Waals surface area contributed by atoms with Crippen molar-refractivity contribution < 1.29 is 9.53 Å². The number of carbonyl (C=O) groups excluding carboxylic acids is 1. The van der Waals surface area contributed by atoms with Crippen LogP contribution in [0.4, 0.5) is 0 Å². The summed E-state index contributed by atoms with van der Waals surface area (Å²) in [6.45, 7) is 1.30. The molecule has 5 heteroatoms. The highest BCUT2D eigenvalue weighted by Crippen LogP contribution is 2.26. The molecular weight excluding hydrogens is 302 g/mol. The molecule has 4 nitrogen and oxygen atoms in total. The zero-order chi connectivity index (χ0) is 15.7. The first kappa shape index (κ1) is 14.4. The largest absolute Gasteiger partial charge is 0.426 e. The van der Waals surface area contributed by atoms with Gasteiger partial charge in [0.15, 0.2) is 0 Å². The molecule has 0 radical (unpaired) electrons. The quantitative estimate of drug-likeness (QED) is 0.680. The van der Waals surface area contributed by atoms with Crippen LogP contribution in [-0.2, 0) is 4.79 Å². The van der Waals surface area contributed by atoms with E-state index < -0.39 is 5.97 Å². The number of nitrogens with zero attached hydrogens (tertiary/aromatic N) is 1. The molecule has 3 aromatic rings. The summed E-state index contributed by atoms with van der Waals surface area (Å²) in [5.74, 6) is -0.212. The minimum atomic E-state index is -0.468. The fourth-order valence-corrected chi connectivity index (χ4v) is 2.56. The number of hydrogen-bond acceptors (Lipinski definition) is 3. The SMILES string of the molecule is CC(=O)Oc1cc(=O)n(-c2cccc(Cl)c2)c2ccccc12. The summed E-state index contributed by atoms with van der Waals surface area (Å²) in [6, 6.07) is 15.6. The molecule has 0 unspecified atom stereocenters. The number of benzene rings is 2. The number of carbonyl (C=O) groups is 1. The number of para-hydroxylation sites is 1. The summed E-state index contributed by atoms with van der Waals surface area (Å²) in [6.07, 6.45) is 0. The Balaban J connectivity index is 2.35. The van der Waals surface area contributed by atoms with E-state index in [9.17, 15) is 9.59 Å². The number of pyridine rings is 1. The van der Waals surface area contributed by atoms with Crippen LogP contribution in [0.2, 0.25) is 5.02 Å². The summed E-state index contributed by atoms with van der Waals surface area (Å²) >= 11 is 6.01. The third kappa shape index (κ3) is 2.61. The van der Waals surface area contributed by atoms with Crippen molar-refractivity contribution in [2.75, 3.05) is 0 Å². The van der Waals surface area contributed by atoms with Gasteiger partial charge in [0.25, 0.3) is 5.56 Å². The third-order valence-electron chi connectivity index (χ3n) is 3.21. The molecule has 2 aromatic carbocycles. The molecule has 0 aliphatic rings. The van der Waals surface area contributed by atoms with E-state index in [0.717, 1.165) is 0 Å². The molecule has 110 valence electrons. The maximum absolute atomic E-state index is 12.5. The zero-order valence-corrected chi connectivity index (χ0v) is 12.5. The van der Waals surface area contributed by atoms with Crippen molar-refractivity contribution in [2.45, 2.75) is 6.92 Å². The number of fused-ring (bicyclic) bond motifs is 1. The van der Waals surface area contributed by atoms with Gasteiger partial charge in [0.2, 0.25) is 0 Å². The van der Waals surface area contributed by atoms with Crippen LogP contribution in [0.15, 0.2) is 59.4 Å². The summed E-state index contributed by atoms with van der Waals surface area (Å²) in [7, 11) is 0. The molecule has 3 rings (SSSR count). The van der Waals surface area contributed by atoms with Gasteiger partial charge in [0.1, 0.15) is 5.75 Å². The number of hydrogen-bond donors (Lipinski definition) is 0. The average molecular weight is 314 g/mol. The number of rotatable bonds is 2. The number of aromatic nitrogens is 1. The molecule has 0 saturated heterocycles. The smallest absolute Gasteiger partial charge is 0.308 e. The van der Waals surface area contributed by atoms with Crippen LogP contribution < -0.4 is 10.3 Å². The molecule has 0 aliphatic carbocycles. The lowest BCUT2D eigenvalue weighted by atomic mass is 10.2. The van der Waals surface area contributed by atoms with Gasteiger partial charge >= 0.3 is 5.97 Å². The number of halogens is 1. The average Bonchev–Trinajstić information content (AvgIpc) is 2.46. The van der Waals surface area contributed by atoms with Crippen LogP contribution in [0.1, 0.15) is 6.92 Å². The summed E-state index contributed by atoms with van der Waals surface area (Å²) < 4.78 is 6.68. The summed E-state index contributed by atoms with van der Waals surface area (Å²) in [5.41, 5.74) is 1.01. The van der Waals surface area contributed by atoms with Gasteiger partial charge in [-0.1, -0.05) is 29.8 Å². The minimum absolute atomic E-state index is 0.256. The molecule has 0 spiro atoms. The predicted molar refractivity (Wildman–Crippen MR) is 85.9 cm³/mol. The van der Waals surface area contributed by atoms with Crippen LogP contribution in [0.25, 0.3) is 16.6 Å².